The Morgan fingerprint density at radius 2 is 1.97 bits per heavy atom. The Balaban J connectivity index is 1.65. The lowest BCUT2D eigenvalue weighted by Gasteiger charge is -2.35. The summed E-state index contributed by atoms with van der Waals surface area (Å²) in [5.41, 5.74) is 0.753. The predicted octanol–water partition coefficient (Wildman–Crippen LogP) is 1.45. The third-order valence-corrected chi connectivity index (χ3v) is 5.15. The standard InChI is InChI=1S/C19H25FN4O5/c1-3-18(26)24(28)12-15-11-23(19(27)29-15)14-4-5-17(16(20)10-14)22-8-6-21(7-9-22)13(2)25/h4-5,10,15,28H,3,6-9,11-12H2,1-2H3/t15-/m1/s1. The number of rotatable bonds is 5. The van der Waals surface area contributed by atoms with E-state index in [1.807, 2.05) is 4.90 Å². The maximum Gasteiger partial charge on any atom is 0.414 e. The highest BCUT2D eigenvalue weighted by Crippen LogP contribution is 2.28. The number of amides is 3. The van der Waals surface area contributed by atoms with Crippen molar-refractivity contribution in [3.8, 4) is 0 Å². The molecule has 2 aliphatic heterocycles. The highest BCUT2D eigenvalue weighted by atomic mass is 19.1. The SMILES string of the molecule is CCC(=O)N(O)C[C@H]1CN(c2ccc(N3CCN(C(C)=O)CC3)c(F)c2)C(=O)O1. The molecule has 1 aromatic rings. The number of hydrogen-bond donors (Lipinski definition) is 1. The van der Waals surface area contributed by atoms with Crippen LogP contribution in [0.15, 0.2) is 18.2 Å². The number of halogens is 1. The van der Waals surface area contributed by atoms with E-state index in [-0.39, 0.29) is 25.4 Å². The van der Waals surface area contributed by atoms with Gasteiger partial charge in [-0.1, -0.05) is 6.92 Å². The van der Waals surface area contributed by atoms with Gasteiger partial charge in [0.1, 0.15) is 11.9 Å². The van der Waals surface area contributed by atoms with Crippen LogP contribution in [0.3, 0.4) is 0 Å². The van der Waals surface area contributed by atoms with Crippen LogP contribution in [0.5, 0.6) is 0 Å². The van der Waals surface area contributed by atoms with Gasteiger partial charge < -0.3 is 14.5 Å². The van der Waals surface area contributed by atoms with Crippen molar-refractivity contribution in [2.45, 2.75) is 26.4 Å². The van der Waals surface area contributed by atoms with Crippen molar-refractivity contribution in [3.63, 3.8) is 0 Å². The molecular formula is C19H25FN4O5. The molecule has 0 spiro atoms. The third kappa shape index (κ3) is 4.58. The number of cyclic esters (lactones) is 1. The Morgan fingerprint density at radius 1 is 1.28 bits per heavy atom. The molecular weight excluding hydrogens is 383 g/mol. The Hall–Kier alpha value is -2.88. The van der Waals surface area contributed by atoms with Gasteiger partial charge in [0.05, 0.1) is 24.5 Å². The zero-order valence-electron chi connectivity index (χ0n) is 16.5. The molecule has 0 saturated carbocycles. The first kappa shape index (κ1) is 20.8. The van der Waals surface area contributed by atoms with Gasteiger partial charge in [-0.2, -0.15) is 0 Å². The van der Waals surface area contributed by atoms with E-state index in [1.165, 1.54) is 17.9 Å². The molecule has 9 nitrogen and oxygen atoms in total. The van der Waals surface area contributed by atoms with Gasteiger partial charge in [0.15, 0.2) is 0 Å². The van der Waals surface area contributed by atoms with E-state index in [2.05, 4.69) is 0 Å². The van der Waals surface area contributed by atoms with Gasteiger partial charge >= 0.3 is 6.09 Å². The third-order valence-electron chi connectivity index (χ3n) is 5.15. The van der Waals surface area contributed by atoms with Crippen molar-refractivity contribution in [2.75, 3.05) is 49.1 Å². The smallest absolute Gasteiger partial charge is 0.414 e. The van der Waals surface area contributed by atoms with Crippen molar-refractivity contribution in [1.29, 1.82) is 0 Å². The van der Waals surface area contributed by atoms with Crippen molar-refractivity contribution in [2.24, 2.45) is 0 Å². The molecule has 1 aromatic carbocycles. The molecule has 3 rings (SSSR count). The number of nitrogens with zero attached hydrogens (tertiary/aromatic N) is 4. The second kappa shape index (κ2) is 8.64. The van der Waals surface area contributed by atoms with Crippen LogP contribution in [0.4, 0.5) is 20.6 Å². The molecule has 2 saturated heterocycles. The maximum absolute atomic E-state index is 14.7. The Labute approximate surface area is 168 Å². The molecule has 10 heteroatoms. The van der Waals surface area contributed by atoms with Crippen molar-refractivity contribution >= 4 is 29.3 Å². The van der Waals surface area contributed by atoms with Gasteiger partial charge in [0, 0.05) is 39.5 Å². The van der Waals surface area contributed by atoms with Crippen molar-refractivity contribution in [1.82, 2.24) is 9.96 Å². The first-order valence-corrected chi connectivity index (χ1v) is 9.57. The van der Waals surface area contributed by atoms with E-state index in [1.54, 1.807) is 24.0 Å². The highest BCUT2D eigenvalue weighted by molar-refractivity contribution is 5.90. The fourth-order valence-corrected chi connectivity index (χ4v) is 3.49. The zero-order chi connectivity index (χ0) is 21.1. The number of carbonyl (C=O) groups is 3. The number of anilines is 2. The summed E-state index contributed by atoms with van der Waals surface area (Å²) >= 11 is 0. The van der Waals surface area contributed by atoms with Crippen LogP contribution in [0.1, 0.15) is 20.3 Å². The fourth-order valence-electron chi connectivity index (χ4n) is 3.49. The van der Waals surface area contributed by atoms with E-state index in [4.69, 9.17) is 4.74 Å². The van der Waals surface area contributed by atoms with Crippen LogP contribution >= 0.6 is 0 Å². The van der Waals surface area contributed by atoms with E-state index in [9.17, 15) is 24.0 Å². The fraction of sp³-hybridized carbons (Fsp3) is 0.526. The van der Waals surface area contributed by atoms with Crippen LogP contribution in [0.2, 0.25) is 0 Å². The lowest BCUT2D eigenvalue weighted by molar-refractivity contribution is -0.169. The largest absolute Gasteiger partial charge is 0.442 e. The van der Waals surface area contributed by atoms with Gasteiger partial charge in [0.25, 0.3) is 0 Å². The van der Waals surface area contributed by atoms with Gasteiger partial charge in [-0.15, -0.1) is 0 Å². The summed E-state index contributed by atoms with van der Waals surface area (Å²) in [6, 6.07) is 4.51. The molecule has 1 N–H and O–H groups in total. The summed E-state index contributed by atoms with van der Waals surface area (Å²) in [7, 11) is 0. The average Bonchev–Trinajstić information content (AvgIpc) is 3.07. The molecule has 158 valence electrons. The van der Waals surface area contributed by atoms with Gasteiger partial charge in [-0.25, -0.2) is 14.2 Å². The van der Waals surface area contributed by atoms with Crippen LogP contribution in [-0.2, 0) is 14.3 Å². The number of carbonyl (C=O) groups excluding carboxylic acids is 3. The number of ether oxygens (including phenoxy) is 1. The number of piperazine rings is 1. The van der Waals surface area contributed by atoms with Crippen LogP contribution in [0, 0.1) is 5.82 Å². The second-order valence-electron chi connectivity index (χ2n) is 7.07. The Bertz CT molecular complexity index is 797. The molecule has 2 heterocycles. The lowest BCUT2D eigenvalue weighted by Crippen LogP contribution is -2.48. The summed E-state index contributed by atoms with van der Waals surface area (Å²) in [4.78, 5) is 39.9. The topological polar surface area (TPSA) is 93.6 Å². The van der Waals surface area contributed by atoms with Crippen LogP contribution < -0.4 is 9.80 Å². The Morgan fingerprint density at radius 3 is 2.55 bits per heavy atom. The number of hydrogen-bond acceptors (Lipinski definition) is 6. The van der Waals surface area contributed by atoms with Crippen LogP contribution in [-0.4, -0.2) is 78.5 Å². The minimum atomic E-state index is -0.703. The maximum atomic E-state index is 14.7. The van der Waals surface area contributed by atoms with E-state index in [0.717, 1.165) is 0 Å². The number of benzene rings is 1. The molecule has 1 atom stereocenters. The molecule has 0 aliphatic carbocycles. The zero-order valence-corrected chi connectivity index (χ0v) is 16.5. The molecule has 2 aliphatic rings. The molecule has 0 unspecified atom stereocenters. The quantitative estimate of drug-likeness (QED) is 0.586. The predicted molar refractivity (Wildman–Crippen MR) is 102 cm³/mol. The van der Waals surface area contributed by atoms with E-state index >= 15 is 0 Å². The van der Waals surface area contributed by atoms with Gasteiger partial charge in [-0.05, 0) is 18.2 Å². The summed E-state index contributed by atoms with van der Waals surface area (Å²) in [5, 5.41) is 10.2. The molecule has 0 aromatic heterocycles. The first-order valence-electron chi connectivity index (χ1n) is 9.57. The first-order chi connectivity index (χ1) is 13.8. The molecule has 0 radical (unpaired) electrons. The summed E-state index contributed by atoms with van der Waals surface area (Å²) < 4.78 is 19.9. The second-order valence-corrected chi connectivity index (χ2v) is 7.07. The minimum absolute atomic E-state index is 0.00431. The summed E-state index contributed by atoms with van der Waals surface area (Å²) in [6.45, 7) is 5.21. The van der Waals surface area contributed by atoms with Gasteiger partial charge in [-0.3, -0.25) is 19.7 Å². The summed E-state index contributed by atoms with van der Waals surface area (Å²) in [5.74, 6) is -0.940. The van der Waals surface area contributed by atoms with Crippen LogP contribution in [0.25, 0.3) is 0 Å². The number of hydroxylamine groups is 2. The van der Waals surface area contributed by atoms with E-state index in [0.29, 0.717) is 42.6 Å². The molecule has 2 fully saturated rings. The lowest BCUT2D eigenvalue weighted by atomic mass is 10.2. The summed E-state index contributed by atoms with van der Waals surface area (Å²) in [6.07, 6.45) is -1.23. The van der Waals surface area contributed by atoms with Crippen molar-refractivity contribution < 1.29 is 28.7 Å². The van der Waals surface area contributed by atoms with Crippen molar-refractivity contribution in [3.05, 3.63) is 24.0 Å². The average molecular weight is 408 g/mol. The van der Waals surface area contributed by atoms with E-state index < -0.39 is 23.9 Å². The minimum Gasteiger partial charge on any atom is -0.442 e. The molecule has 29 heavy (non-hydrogen) atoms. The normalized spacial score (nSPS) is 19.4. The monoisotopic (exact) mass is 408 g/mol. The molecule has 3 amide bonds. The molecule has 0 bridgehead atoms. The van der Waals surface area contributed by atoms with Gasteiger partial charge in [0.2, 0.25) is 11.8 Å². The Kier molecular flexibility index (Phi) is 6.21. The highest BCUT2D eigenvalue weighted by Gasteiger charge is 2.34.